The second kappa shape index (κ2) is 6.03. The molecule has 1 aromatic rings. The number of ether oxygens (including phenoxy) is 1. The first-order valence-corrected chi connectivity index (χ1v) is 5.65. The molecule has 0 spiro atoms. The predicted octanol–water partition coefficient (Wildman–Crippen LogP) is 1.80. The molecule has 84 valence electrons. The minimum absolute atomic E-state index is 0.248. The summed E-state index contributed by atoms with van der Waals surface area (Å²) in [6.07, 6.45) is 0.331. The maximum absolute atomic E-state index is 10.9. The summed E-state index contributed by atoms with van der Waals surface area (Å²) in [5.74, 6) is 0.341. The van der Waals surface area contributed by atoms with E-state index >= 15 is 0 Å². The Hall–Kier alpha value is -1.67. The largest absolute Gasteiger partial charge is 0.469 e. The molecular weight excluding hydrogens is 224 g/mol. The van der Waals surface area contributed by atoms with Crippen LogP contribution in [-0.2, 0) is 9.53 Å². The summed E-state index contributed by atoms with van der Waals surface area (Å²) >= 11 is 1.44. The van der Waals surface area contributed by atoms with Crippen molar-refractivity contribution < 1.29 is 9.53 Å². The molecular formula is C11H12N2O2S. The Morgan fingerprint density at radius 2 is 2.38 bits per heavy atom. The number of nitriles is 1. The summed E-state index contributed by atoms with van der Waals surface area (Å²) in [5, 5.41) is 8.78. The van der Waals surface area contributed by atoms with Crippen molar-refractivity contribution in [3.05, 3.63) is 23.8 Å². The average molecular weight is 236 g/mol. The third kappa shape index (κ3) is 3.17. The van der Waals surface area contributed by atoms with Crippen molar-refractivity contribution in [1.29, 1.82) is 5.26 Å². The van der Waals surface area contributed by atoms with Crippen LogP contribution in [-0.4, -0.2) is 18.8 Å². The molecule has 0 aliphatic heterocycles. The van der Waals surface area contributed by atoms with Gasteiger partial charge in [0.05, 0.1) is 24.8 Å². The predicted molar refractivity (Wildman–Crippen MR) is 62.9 cm³/mol. The Balaban J connectivity index is 2.61. The number of carbonyl (C=O) groups excluding carboxylic acids is 1. The van der Waals surface area contributed by atoms with Gasteiger partial charge in [0.15, 0.2) is 0 Å². The van der Waals surface area contributed by atoms with Gasteiger partial charge in [0.25, 0.3) is 0 Å². The van der Waals surface area contributed by atoms with Crippen LogP contribution in [0.3, 0.4) is 0 Å². The van der Waals surface area contributed by atoms with Gasteiger partial charge in [-0.25, -0.2) is 0 Å². The molecule has 4 nitrogen and oxygen atoms in total. The van der Waals surface area contributed by atoms with Crippen molar-refractivity contribution in [2.45, 2.75) is 11.3 Å². The van der Waals surface area contributed by atoms with Crippen molar-refractivity contribution in [2.24, 2.45) is 0 Å². The molecule has 16 heavy (non-hydrogen) atoms. The fraction of sp³-hybridized carbons (Fsp3) is 0.273. The number of para-hydroxylation sites is 1. The van der Waals surface area contributed by atoms with Crippen molar-refractivity contribution in [3.63, 3.8) is 0 Å². The van der Waals surface area contributed by atoms with Gasteiger partial charge < -0.3 is 10.5 Å². The van der Waals surface area contributed by atoms with E-state index in [-0.39, 0.29) is 5.97 Å². The molecule has 0 saturated heterocycles. The minimum atomic E-state index is -0.248. The number of rotatable bonds is 4. The van der Waals surface area contributed by atoms with Crippen molar-refractivity contribution in [1.82, 2.24) is 0 Å². The lowest BCUT2D eigenvalue weighted by molar-refractivity contribution is -0.140. The number of thioether (sulfide) groups is 1. The third-order valence-electron chi connectivity index (χ3n) is 1.98. The normalized spacial score (nSPS) is 9.50. The maximum atomic E-state index is 10.9. The molecule has 0 atom stereocenters. The zero-order valence-electron chi connectivity index (χ0n) is 8.90. The Morgan fingerprint density at radius 1 is 1.62 bits per heavy atom. The second-order valence-electron chi connectivity index (χ2n) is 3.00. The Labute approximate surface area is 98.4 Å². The Bertz CT molecular complexity index is 426. The monoisotopic (exact) mass is 236 g/mol. The lowest BCUT2D eigenvalue weighted by atomic mass is 10.2. The lowest BCUT2D eigenvalue weighted by Gasteiger charge is -2.05. The summed E-state index contributed by atoms with van der Waals surface area (Å²) in [6.45, 7) is 0. The molecule has 0 aliphatic carbocycles. The fourth-order valence-electron chi connectivity index (χ4n) is 1.11. The van der Waals surface area contributed by atoms with E-state index in [1.165, 1.54) is 18.9 Å². The molecule has 2 N–H and O–H groups in total. The number of carbonyl (C=O) groups is 1. The highest BCUT2D eigenvalue weighted by Gasteiger charge is 2.06. The van der Waals surface area contributed by atoms with Crippen molar-refractivity contribution in [2.75, 3.05) is 18.6 Å². The highest BCUT2D eigenvalue weighted by atomic mass is 32.2. The third-order valence-corrected chi connectivity index (χ3v) is 3.05. The van der Waals surface area contributed by atoms with Gasteiger partial charge >= 0.3 is 5.97 Å². The van der Waals surface area contributed by atoms with E-state index in [9.17, 15) is 4.79 Å². The molecule has 0 saturated carbocycles. The fourth-order valence-corrected chi connectivity index (χ4v) is 2.04. The number of hydrogen-bond donors (Lipinski definition) is 1. The molecule has 0 aliphatic rings. The van der Waals surface area contributed by atoms with Crippen LogP contribution in [0.2, 0.25) is 0 Å². The topological polar surface area (TPSA) is 76.1 Å². The van der Waals surface area contributed by atoms with E-state index in [1.54, 1.807) is 12.1 Å². The van der Waals surface area contributed by atoms with E-state index < -0.39 is 0 Å². The van der Waals surface area contributed by atoms with Gasteiger partial charge in [-0.15, -0.1) is 11.8 Å². The molecule has 0 bridgehead atoms. The highest BCUT2D eigenvalue weighted by molar-refractivity contribution is 7.99. The van der Waals surface area contributed by atoms with Crippen LogP contribution in [0, 0.1) is 11.3 Å². The second-order valence-corrected chi connectivity index (χ2v) is 4.14. The van der Waals surface area contributed by atoms with E-state index in [0.717, 1.165) is 4.90 Å². The van der Waals surface area contributed by atoms with Gasteiger partial charge in [-0.2, -0.15) is 5.26 Å². The number of anilines is 1. The van der Waals surface area contributed by atoms with Gasteiger partial charge in [0.2, 0.25) is 0 Å². The number of benzene rings is 1. The summed E-state index contributed by atoms with van der Waals surface area (Å²) in [7, 11) is 1.36. The van der Waals surface area contributed by atoms with Crippen LogP contribution in [0.1, 0.15) is 12.0 Å². The SMILES string of the molecule is COC(=O)CCSc1cccc(C#N)c1N. The van der Waals surface area contributed by atoms with E-state index in [4.69, 9.17) is 11.0 Å². The number of hydrogen-bond acceptors (Lipinski definition) is 5. The quantitative estimate of drug-likeness (QED) is 0.490. The van der Waals surface area contributed by atoms with E-state index in [1.807, 2.05) is 12.1 Å². The number of esters is 1. The lowest BCUT2D eigenvalue weighted by Crippen LogP contribution is -2.01. The van der Waals surface area contributed by atoms with Gasteiger partial charge in [-0.3, -0.25) is 4.79 Å². The molecule has 1 rings (SSSR count). The van der Waals surface area contributed by atoms with Crippen LogP contribution in [0.4, 0.5) is 5.69 Å². The molecule has 0 unspecified atom stereocenters. The zero-order chi connectivity index (χ0) is 12.0. The molecule has 0 fully saturated rings. The first-order chi connectivity index (χ1) is 7.69. The van der Waals surface area contributed by atoms with Crippen molar-refractivity contribution >= 4 is 23.4 Å². The number of nitrogens with two attached hydrogens (primary N) is 1. The standard InChI is InChI=1S/C11H12N2O2S/c1-15-10(14)5-6-16-9-4-2-3-8(7-12)11(9)13/h2-4H,5-6,13H2,1H3. The zero-order valence-corrected chi connectivity index (χ0v) is 9.71. The Kier molecular flexibility index (Phi) is 4.67. The molecule has 0 heterocycles. The highest BCUT2D eigenvalue weighted by Crippen LogP contribution is 2.27. The number of methoxy groups -OCH3 is 1. The molecule has 0 radical (unpaired) electrons. The van der Waals surface area contributed by atoms with E-state index in [2.05, 4.69) is 4.74 Å². The summed E-state index contributed by atoms with van der Waals surface area (Å²) < 4.78 is 4.53. The summed E-state index contributed by atoms with van der Waals surface area (Å²) in [5.41, 5.74) is 6.72. The van der Waals surface area contributed by atoms with Gasteiger partial charge in [-0.1, -0.05) is 6.07 Å². The maximum Gasteiger partial charge on any atom is 0.306 e. The molecule has 1 aromatic carbocycles. The number of nitrogen functional groups attached to an aromatic ring is 1. The van der Waals surface area contributed by atoms with Crippen LogP contribution >= 0.6 is 11.8 Å². The molecule has 5 heteroatoms. The van der Waals surface area contributed by atoms with Crippen LogP contribution in [0.5, 0.6) is 0 Å². The smallest absolute Gasteiger partial charge is 0.306 e. The average Bonchev–Trinajstić information content (AvgIpc) is 2.31. The first-order valence-electron chi connectivity index (χ1n) is 4.67. The summed E-state index contributed by atoms with van der Waals surface area (Å²) in [6, 6.07) is 7.29. The van der Waals surface area contributed by atoms with Gasteiger partial charge in [0, 0.05) is 10.6 Å². The molecule has 0 amide bonds. The van der Waals surface area contributed by atoms with E-state index in [0.29, 0.717) is 23.4 Å². The minimum Gasteiger partial charge on any atom is -0.469 e. The van der Waals surface area contributed by atoms with Crippen LogP contribution < -0.4 is 5.73 Å². The molecule has 0 aromatic heterocycles. The Morgan fingerprint density at radius 3 is 3.00 bits per heavy atom. The number of nitrogens with zero attached hydrogens (tertiary/aromatic N) is 1. The van der Waals surface area contributed by atoms with Crippen LogP contribution in [0.15, 0.2) is 23.1 Å². The van der Waals surface area contributed by atoms with Crippen LogP contribution in [0.25, 0.3) is 0 Å². The van der Waals surface area contributed by atoms with Gasteiger partial charge in [0.1, 0.15) is 6.07 Å². The first kappa shape index (κ1) is 12.4. The van der Waals surface area contributed by atoms with Gasteiger partial charge in [-0.05, 0) is 12.1 Å². The van der Waals surface area contributed by atoms with Crippen molar-refractivity contribution in [3.8, 4) is 6.07 Å². The summed E-state index contributed by atoms with van der Waals surface area (Å²) in [4.78, 5) is 11.7.